The number of rotatable bonds is 13. The van der Waals surface area contributed by atoms with Crippen molar-refractivity contribution in [2.45, 2.75) is 38.3 Å². The van der Waals surface area contributed by atoms with Gasteiger partial charge in [0.15, 0.2) is 22.9 Å². The molecule has 0 bridgehead atoms. The smallest absolute Gasteiger partial charge is 0.271 e. The van der Waals surface area contributed by atoms with E-state index in [9.17, 15) is 22.8 Å². The van der Waals surface area contributed by atoms with Crippen LogP contribution in [-0.2, 0) is 24.2 Å². The minimum atomic E-state index is -0.527. The maximum atomic E-state index is 14.8. The molecule has 1 aliphatic heterocycles. The number of H-pyrrole nitrogens is 1. The van der Waals surface area contributed by atoms with Gasteiger partial charge in [-0.15, -0.1) is 0 Å². The molecule has 1 aliphatic rings. The van der Waals surface area contributed by atoms with Crippen molar-refractivity contribution in [2.75, 3.05) is 31.1 Å². The summed E-state index contributed by atoms with van der Waals surface area (Å²) in [6.07, 6.45) is 5.59. The zero-order valence-corrected chi connectivity index (χ0v) is 27.5. The number of halogens is 3. The van der Waals surface area contributed by atoms with Crippen molar-refractivity contribution in [3.63, 3.8) is 0 Å². The second-order valence-corrected chi connectivity index (χ2v) is 12.4. The van der Waals surface area contributed by atoms with Crippen molar-refractivity contribution >= 4 is 39.7 Å². The van der Waals surface area contributed by atoms with Crippen LogP contribution in [0.3, 0.4) is 0 Å². The molecular weight excluding hydrogens is 661 g/mol. The monoisotopic (exact) mass is 696 g/mol. The Morgan fingerprint density at radius 3 is 2.27 bits per heavy atom. The lowest BCUT2D eigenvalue weighted by molar-refractivity contribution is -0.121. The van der Waals surface area contributed by atoms with Gasteiger partial charge in [-0.3, -0.25) is 9.59 Å². The van der Waals surface area contributed by atoms with Crippen LogP contribution in [-0.4, -0.2) is 68.6 Å². The molecule has 1 fully saturated rings. The summed E-state index contributed by atoms with van der Waals surface area (Å²) in [5, 5.41) is 6.13. The molecule has 3 aromatic heterocycles. The molecule has 0 saturated carbocycles. The summed E-state index contributed by atoms with van der Waals surface area (Å²) in [4.78, 5) is 45.6. The van der Waals surface area contributed by atoms with Crippen molar-refractivity contribution in [2.24, 2.45) is 0 Å². The molecular formula is C37H35F3N8O3. The standard InChI is InChI=1S/C37H35F3N8O3/c38-25-7-3-23(4-8-25)13-15-41-31(49)19-48-30-12-11-27(40)18-29(30)34(33(48)37(50)42-16-14-24-5-9-26(39)10-6-24)51-20-28-2-1-17-47(28)36-32-35(44-21-43-32)45-22-46-36/h3-12,18,21-22,28H,1-2,13-17,19-20H2,(H,41,49)(H,42,50)(H,43,44,45,46). The van der Waals surface area contributed by atoms with E-state index in [1.54, 1.807) is 30.6 Å². The number of ether oxygens (including phenoxy) is 1. The van der Waals surface area contributed by atoms with Gasteiger partial charge in [0.2, 0.25) is 5.91 Å². The molecule has 3 aromatic carbocycles. The Balaban J connectivity index is 1.16. The highest BCUT2D eigenvalue weighted by molar-refractivity contribution is 6.05. The lowest BCUT2D eigenvalue weighted by atomic mass is 10.1. The van der Waals surface area contributed by atoms with Gasteiger partial charge in [-0.2, -0.15) is 0 Å². The van der Waals surface area contributed by atoms with E-state index >= 15 is 0 Å². The summed E-state index contributed by atoms with van der Waals surface area (Å²) in [5.74, 6) is -1.30. The Bertz CT molecular complexity index is 2170. The molecule has 1 atom stereocenters. The highest BCUT2D eigenvalue weighted by atomic mass is 19.1. The number of carbonyl (C=O) groups is 2. The molecule has 262 valence electrons. The maximum absolute atomic E-state index is 14.8. The van der Waals surface area contributed by atoms with E-state index in [-0.39, 0.29) is 61.3 Å². The molecule has 0 spiro atoms. The number of benzene rings is 3. The predicted octanol–water partition coefficient (Wildman–Crippen LogP) is 5.10. The minimum Gasteiger partial charge on any atom is -0.488 e. The third-order valence-corrected chi connectivity index (χ3v) is 9.02. The lowest BCUT2D eigenvalue weighted by Crippen LogP contribution is -2.36. The van der Waals surface area contributed by atoms with Crippen LogP contribution in [0.2, 0.25) is 0 Å². The summed E-state index contributed by atoms with van der Waals surface area (Å²) >= 11 is 0. The Morgan fingerprint density at radius 1 is 0.863 bits per heavy atom. The summed E-state index contributed by atoms with van der Waals surface area (Å²) in [7, 11) is 0. The minimum absolute atomic E-state index is 0.0738. The van der Waals surface area contributed by atoms with E-state index in [0.29, 0.717) is 47.3 Å². The summed E-state index contributed by atoms with van der Waals surface area (Å²) in [5.41, 5.74) is 3.45. The average molecular weight is 697 g/mol. The van der Waals surface area contributed by atoms with E-state index in [1.165, 1.54) is 53.4 Å². The number of hydrogen-bond acceptors (Lipinski definition) is 7. The fourth-order valence-corrected chi connectivity index (χ4v) is 6.51. The molecule has 4 heterocycles. The largest absolute Gasteiger partial charge is 0.488 e. The van der Waals surface area contributed by atoms with Crippen molar-refractivity contribution in [1.82, 2.24) is 35.1 Å². The Hall–Kier alpha value is -5.92. The molecule has 0 aliphatic carbocycles. The van der Waals surface area contributed by atoms with Gasteiger partial charge >= 0.3 is 0 Å². The molecule has 3 N–H and O–H groups in total. The highest BCUT2D eigenvalue weighted by Crippen LogP contribution is 2.36. The SMILES string of the molecule is O=C(Cn1c(C(=O)NCCc2ccc(F)cc2)c(OCC2CCCN2c2ncnc3[nH]cnc23)c2cc(F)ccc21)NCCc1ccc(F)cc1. The van der Waals surface area contributed by atoms with E-state index in [0.717, 1.165) is 24.0 Å². The number of amides is 2. The number of nitrogens with one attached hydrogen (secondary N) is 3. The van der Waals surface area contributed by atoms with Crippen LogP contribution >= 0.6 is 0 Å². The predicted molar refractivity (Wildman–Crippen MR) is 185 cm³/mol. The van der Waals surface area contributed by atoms with Crippen LogP contribution in [0.25, 0.3) is 22.1 Å². The van der Waals surface area contributed by atoms with Gasteiger partial charge in [0.05, 0.1) is 17.9 Å². The number of nitrogens with zero attached hydrogens (tertiary/aromatic N) is 5. The first-order valence-corrected chi connectivity index (χ1v) is 16.7. The molecule has 1 unspecified atom stereocenters. The first-order valence-electron chi connectivity index (χ1n) is 16.7. The van der Waals surface area contributed by atoms with Gasteiger partial charge in [-0.1, -0.05) is 24.3 Å². The van der Waals surface area contributed by atoms with Crippen molar-refractivity contribution in [1.29, 1.82) is 0 Å². The Kier molecular flexibility index (Phi) is 9.81. The van der Waals surface area contributed by atoms with Gasteiger partial charge < -0.3 is 29.8 Å². The number of carbonyl (C=O) groups excluding carboxylic acids is 2. The Labute approximate surface area is 290 Å². The van der Waals surface area contributed by atoms with E-state index in [1.807, 2.05) is 0 Å². The third-order valence-electron chi connectivity index (χ3n) is 9.02. The summed E-state index contributed by atoms with van der Waals surface area (Å²) < 4.78 is 49.6. The molecule has 14 heteroatoms. The zero-order valence-electron chi connectivity index (χ0n) is 27.5. The highest BCUT2D eigenvalue weighted by Gasteiger charge is 2.31. The maximum Gasteiger partial charge on any atom is 0.271 e. The second kappa shape index (κ2) is 14.9. The van der Waals surface area contributed by atoms with Crippen molar-refractivity contribution in [3.8, 4) is 5.75 Å². The topological polar surface area (TPSA) is 130 Å². The number of aromatic amines is 1. The molecule has 2 amide bonds. The van der Waals surface area contributed by atoms with Crippen LogP contribution < -0.4 is 20.3 Å². The second-order valence-electron chi connectivity index (χ2n) is 12.4. The van der Waals surface area contributed by atoms with E-state index < -0.39 is 11.7 Å². The molecule has 7 rings (SSSR count). The molecule has 0 radical (unpaired) electrons. The van der Waals surface area contributed by atoms with Crippen LogP contribution in [0.4, 0.5) is 19.0 Å². The molecule has 6 aromatic rings. The third kappa shape index (κ3) is 7.49. The lowest BCUT2D eigenvalue weighted by Gasteiger charge is -2.26. The zero-order chi connectivity index (χ0) is 35.3. The van der Waals surface area contributed by atoms with Crippen molar-refractivity contribution < 1.29 is 27.5 Å². The fraction of sp³-hybridized carbons (Fsp3) is 0.270. The Morgan fingerprint density at radius 2 is 1.55 bits per heavy atom. The number of fused-ring (bicyclic) bond motifs is 2. The fourth-order valence-electron chi connectivity index (χ4n) is 6.51. The van der Waals surface area contributed by atoms with Gasteiger partial charge in [-0.25, -0.2) is 28.1 Å². The van der Waals surface area contributed by atoms with E-state index in [2.05, 4.69) is 35.5 Å². The molecule has 51 heavy (non-hydrogen) atoms. The van der Waals surface area contributed by atoms with Gasteiger partial charge in [-0.05, 0) is 79.3 Å². The van der Waals surface area contributed by atoms with Crippen LogP contribution in [0, 0.1) is 17.5 Å². The van der Waals surface area contributed by atoms with Crippen LogP contribution in [0.5, 0.6) is 5.75 Å². The number of aromatic nitrogens is 5. The van der Waals surface area contributed by atoms with Crippen molar-refractivity contribution in [3.05, 3.63) is 114 Å². The van der Waals surface area contributed by atoms with Crippen LogP contribution in [0.15, 0.2) is 79.4 Å². The molecule has 11 nitrogen and oxygen atoms in total. The first-order chi connectivity index (χ1) is 24.8. The normalized spacial score (nSPS) is 14.3. The number of anilines is 1. The van der Waals surface area contributed by atoms with Crippen LogP contribution in [0.1, 0.15) is 34.5 Å². The van der Waals surface area contributed by atoms with Gasteiger partial charge in [0, 0.05) is 25.0 Å². The van der Waals surface area contributed by atoms with Gasteiger partial charge in [0.1, 0.15) is 42.4 Å². The summed E-state index contributed by atoms with van der Waals surface area (Å²) in [6.45, 7) is 1.10. The van der Waals surface area contributed by atoms with Gasteiger partial charge in [0.25, 0.3) is 5.91 Å². The summed E-state index contributed by atoms with van der Waals surface area (Å²) in [6, 6.07) is 16.0. The average Bonchev–Trinajstić information content (AvgIpc) is 3.87. The quantitative estimate of drug-likeness (QED) is 0.153. The molecule has 1 saturated heterocycles. The number of imidazole rings is 1. The first kappa shape index (κ1) is 33.6. The van der Waals surface area contributed by atoms with E-state index in [4.69, 9.17) is 4.74 Å². The number of hydrogen-bond donors (Lipinski definition) is 3.